The van der Waals surface area contributed by atoms with Gasteiger partial charge in [-0.1, -0.05) is 0 Å². The molecule has 0 aromatic carbocycles. The zero-order valence-electron chi connectivity index (χ0n) is 13.4. The number of nitrogens with zero attached hydrogens (tertiary/aromatic N) is 1. The molecule has 1 N–H and O–H groups in total. The van der Waals surface area contributed by atoms with Gasteiger partial charge < -0.3 is 14.2 Å². The van der Waals surface area contributed by atoms with Crippen LogP contribution in [0.2, 0.25) is 0 Å². The first-order chi connectivity index (χ1) is 11.8. The van der Waals surface area contributed by atoms with Gasteiger partial charge in [0.05, 0.1) is 0 Å². The molecule has 3 atom stereocenters. The molecule has 10 heteroatoms. The maximum Gasteiger partial charge on any atom is 0.330 e. The number of hydrogen-bond donors (Lipinski definition) is 1. The van der Waals surface area contributed by atoms with Crippen molar-refractivity contribution in [1.29, 1.82) is 0 Å². The van der Waals surface area contributed by atoms with Gasteiger partial charge in [0, 0.05) is 49.1 Å². The van der Waals surface area contributed by atoms with E-state index in [-0.39, 0.29) is 18.6 Å². The zero-order valence-corrected chi connectivity index (χ0v) is 15.6. The molecule has 1 aromatic heterocycles. The molecule has 0 radical (unpaired) electrons. The van der Waals surface area contributed by atoms with Crippen molar-refractivity contribution < 1.29 is 23.8 Å². The van der Waals surface area contributed by atoms with Crippen molar-refractivity contribution in [3.05, 3.63) is 32.6 Å². The molecule has 0 bridgehead atoms. The molecular weight excluding hydrogens is 447 g/mol. The van der Waals surface area contributed by atoms with Gasteiger partial charge in [0.25, 0.3) is 5.56 Å². The minimum Gasteiger partial charge on any atom is -0.463 e. The van der Waals surface area contributed by atoms with Gasteiger partial charge in [-0.3, -0.25) is 23.9 Å². The Morgan fingerprint density at radius 1 is 1.40 bits per heavy atom. The fourth-order valence-electron chi connectivity index (χ4n) is 2.40. The Hall–Kier alpha value is -2.13. The number of carbonyl (C=O) groups is 2. The van der Waals surface area contributed by atoms with Crippen molar-refractivity contribution in [3.8, 4) is 9.85 Å². The van der Waals surface area contributed by atoms with Crippen molar-refractivity contribution in [2.45, 2.75) is 38.7 Å². The van der Waals surface area contributed by atoms with Crippen molar-refractivity contribution in [2.75, 3.05) is 6.61 Å². The van der Waals surface area contributed by atoms with Crippen molar-refractivity contribution in [3.63, 3.8) is 0 Å². The van der Waals surface area contributed by atoms with Crippen LogP contribution in [0.25, 0.3) is 0 Å². The molecule has 25 heavy (non-hydrogen) atoms. The van der Waals surface area contributed by atoms with E-state index in [1.54, 1.807) is 22.6 Å². The average molecular weight is 462 g/mol. The first-order valence-corrected chi connectivity index (χ1v) is 8.33. The second-order valence-electron chi connectivity index (χ2n) is 5.24. The predicted octanol–water partition coefficient (Wildman–Crippen LogP) is 0.0629. The molecule has 134 valence electrons. The first-order valence-electron chi connectivity index (χ1n) is 7.25. The van der Waals surface area contributed by atoms with Crippen molar-refractivity contribution in [1.82, 2.24) is 9.55 Å². The normalized spacial score (nSPS) is 22.0. The lowest BCUT2D eigenvalue weighted by molar-refractivity contribution is -0.155. The molecule has 1 aliphatic heterocycles. The molecule has 1 fully saturated rings. The summed E-state index contributed by atoms with van der Waals surface area (Å²) in [4.78, 5) is 48.2. The number of rotatable bonds is 4. The molecule has 1 aliphatic rings. The van der Waals surface area contributed by atoms with Crippen LogP contribution in [-0.2, 0) is 23.8 Å². The first kappa shape index (κ1) is 19.2. The second kappa shape index (κ2) is 8.30. The van der Waals surface area contributed by atoms with E-state index in [9.17, 15) is 19.2 Å². The maximum absolute atomic E-state index is 12.1. The fraction of sp³-hybridized carbons (Fsp3) is 0.467. The minimum absolute atomic E-state index is 0.102. The van der Waals surface area contributed by atoms with Gasteiger partial charge in [0.1, 0.15) is 30.6 Å². The van der Waals surface area contributed by atoms with Crippen LogP contribution >= 0.6 is 22.6 Å². The number of aromatic nitrogens is 2. The molecule has 2 heterocycles. The molecule has 1 aromatic rings. The number of H-pyrrole nitrogens is 1. The van der Waals surface area contributed by atoms with E-state index in [2.05, 4.69) is 14.8 Å². The SMILES string of the molecule is CC(=O)OC[C@H]1O[C@@H](n2cc(C#CI)c(=O)[nH]c2=O)C[C@@H]1OC(C)=O. The number of carbonyl (C=O) groups excluding carboxylic acids is 2. The highest BCUT2D eigenvalue weighted by molar-refractivity contribution is 14.1. The number of halogens is 1. The van der Waals surface area contributed by atoms with Gasteiger partial charge in [0.15, 0.2) is 0 Å². The maximum atomic E-state index is 12.1. The molecule has 0 amide bonds. The molecule has 1 saturated heterocycles. The van der Waals surface area contributed by atoms with Crippen molar-refractivity contribution in [2.24, 2.45) is 0 Å². The molecule has 0 unspecified atom stereocenters. The Kier molecular flexibility index (Phi) is 6.38. The van der Waals surface area contributed by atoms with E-state index >= 15 is 0 Å². The van der Waals surface area contributed by atoms with Crippen molar-refractivity contribution >= 4 is 34.5 Å². The quantitative estimate of drug-likeness (QED) is 0.382. The number of ether oxygens (including phenoxy) is 3. The lowest BCUT2D eigenvalue weighted by atomic mass is 10.2. The van der Waals surface area contributed by atoms with Gasteiger partial charge >= 0.3 is 17.6 Å². The van der Waals surface area contributed by atoms with Gasteiger partial charge in [0.2, 0.25) is 0 Å². The van der Waals surface area contributed by atoms with Crippen LogP contribution in [0.15, 0.2) is 15.8 Å². The molecule has 2 rings (SSSR count). The topological polar surface area (TPSA) is 117 Å². The Morgan fingerprint density at radius 2 is 2.12 bits per heavy atom. The molecule has 0 saturated carbocycles. The van der Waals surface area contributed by atoms with E-state index in [1.165, 1.54) is 24.6 Å². The predicted molar refractivity (Wildman–Crippen MR) is 92.9 cm³/mol. The average Bonchev–Trinajstić information content (AvgIpc) is 2.90. The van der Waals surface area contributed by atoms with E-state index in [0.29, 0.717) is 0 Å². The number of nitrogens with one attached hydrogen (secondary N) is 1. The lowest BCUT2D eigenvalue weighted by Gasteiger charge is -2.17. The van der Waals surface area contributed by atoms with Gasteiger partial charge in [-0.05, 0) is 9.85 Å². The third-order valence-corrected chi connectivity index (χ3v) is 3.68. The summed E-state index contributed by atoms with van der Waals surface area (Å²) in [7, 11) is 0. The second-order valence-corrected chi connectivity index (χ2v) is 5.78. The van der Waals surface area contributed by atoms with Crippen LogP contribution in [-0.4, -0.2) is 40.3 Å². The molecule has 0 aliphatic carbocycles. The van der Waals surface area contributed by atoms with E-state index in [4.69, 9.17) is 14.2 Å². The number of esters is 2. The highest BCUT2D eigenvalue weighted by atomic mass is 127. The van der Waals surface area contributed by atoms with Crippen LogP contribution in [0.5, 0.6) is 0 Å². The summed E-state index contributed by atoms with van der Waals surface area (Å²) < 4.78 is 19.5. The van der Waals surface area contributed by atoms with Crippen LogP contribution in [0.3, 0.4) is 0 Å². The number of hydrogen-bond acceptors (Lipinski definition) is 7. The Morgan fingerprint density at radius 3 is 2.72 bits per heavy atom. The van der Waals surface area contributed by atoms with Crippen LogP contribution in [0.1, 0.15) is 32.1 Å². The van der Waals surface area contributed by atoms with E-state index < -0.39 is 41.6 Å². The largest absolute Gasteiger partial charge is 0.463 e. The summed E-state index contributed by atoms with van der Waals surface area (Å²) in [6.07, 6.45) is -0.773. The molecule has 0 spiro atoms. The summed E-state index contributed by atoms with van der Waals surface area (Å²) in [5.74, 6) is 1.56. The standard InChI is InChI=1S/C15H15IN2O7/c1-8(19)23-7-12-11(24-9(2)20)5-13(25-12)18-6-10(3-4-16)14(21)17-15(18)22/h6,11-13H,5,7H2,1-2H3,(H,17,21,22)/t11-,12+,13+/m0/s1. The Balaban J connectivity index is 2.30. The van der Waals surface area contributed by atoms with Crippen LogP contribution in [0, 0.1) is 9.85 Å². The summed E-state index contributed by atoms with van der Waals surface area (Å²) in [6, 6.07) is 0. The van der Waals surface area contributed by atoms with E-state index in [1.807, 2.05) is 0 Å². The molecule has 9 nitrogen and oxygen atoms in total. The van der Waals surface area contributed by atoms with Gasteiger partial charge in [-0.25, -0.2) is 4.79 Å². The third-order valence-electron chi connectivity index (χ3n) is 3.41. The van der Waals surface area contributed by atoms with Gasteiger partial charge in [-0.2, -0.15) is 0 Å². The monoisotopic (exact) mass is 462 g/mol. The summed E-state index contributed by atoms with van der Waals surface area (Å²) in [6.45, 7) is 2.37. The number of aromatic amines is 1. The minimum atomic E-state index is -0.802. The fourth-order valence-corrected chi connectivity index (χ4v) is 2.69. The van der Waals surface area contributed by atoms with E-state index in [0.717, 1.165) is 0 Å². The highest BCUT2D eigenvalue weighted by Crippen LogP contribution is 2.30. The smallest absolute Gasteiger partial charge is 0.330 e. The van der Waals surface area contributed by atoms with Crippen LogP contribution in [0.4, 0.5) is 0 Å². The summed E-state index contributed by atoms with van der Waals surface area (Å²) >= 11 is 1.77. The summed E-state index contributed by atoms with van der Waals surface area (Å²) in [5.41, 5.74) is -1.18. The zero-order chi connectivity index (χ0) is 18.6. The summed E-state index contributed by atoms with van der Waals surface area (Å²) in [5, 5.41) is 0. The molecular formula is C15H15IN2O7. The lowest BCUT2D eigenvalue weighted by Crippen LogP contribution is -2.34. The van der Waals surface area contributed by atoms with Crippen LogP contribution < -0.4 is 11.2 Å². The Bertz CT molecular complexity index is 848. The van der Waals surface area contributed by atoms with Gasteiger partial charge in [-0.15, -0.1) is 0 Å². The Labute approximate surface area is 155 Å². The third kappa shape index (κ3) is 4.93. The highest BCUT2D eigenvalue weighted by Gasteiger charge is 2.39.